The molecule has 3 rings (SSSR count). The minimum Gasteiger partial charge on any atom is -0.369 e. The smallest absolute Gasteiger partial charge is 0.225 e. The first-order valence-corrected chi connectivity index (χ1v) is 8.36. The molecule has 8 nitrogen and oxygen atoms in total. The second-order valence-corrected chi connectivity index (χ2v) is 5.78. The summed E-state index contributed by atoms with van der Waals surface area (Å²) in [6.45, 7) is 1.65. The Morgan fingerprint density at radius 2 is 1.82 bits per heavy atom. The number of nitrogens with one attached hydrogen (secondary N) is 2. The molecule has 0 bridgehead atoms. The van der Waals surface area contributed by atoms with Gasteiger partial charge in [-0.1, -0.05) is 30.3 Å². The minimum atomic E-state index is -0.413. The van der Waals surface area contributed by atoms with Crippen LogP contribution < -0.4 is 22.1 Å². The van der Waals surface area contributed by atoms with Crippen molar-refractivity contribution >= 4 is 34.9 Å². The van der Waals surface area contributed by atoms with Gasteiger partial charge in [-0.15, -0.1) is 0 Å². The number of rotatable bonds is 4. The van der Waals surface area contributed by atoms with Crippen LogP contribution in [0.15, 0.2) is 70.9 Å². The molecule has 1 heterocycles. The van der Waals surface area contributed by atoms with Crippen molar-refractivity contribution in [3.05, 3.63) is 72.3 Å². The largest absolute Gasteiger partial charge is 0.369 e. The van der Waals surface area contributed by atoms with Gasteiger partial charge < -0.3 is 22.1 Å². The normalized spacial score (nSPS) is 11.9. The van der Waals surface area contributed by atoms with Crippen LogP contribution in [0.5, 0.6) is 0 Å². The lowest BCUT2D eigenvalue weighted by molar-refractivity contribution is 0.623. The molecule has 0 aliphatic carbocycles. The van der Waals surface area contributed by atoms with Crippen LogP contribution >= 0.6 is 0 Å². The Morgan fingerprint density at radius 3 is 2.61 bits per heavy atom. The van der Waals surface area contributed by atoms with Crippen molar-refractivity contribution in [1.82, 2.24) is 9.97 Å². The topological polar surface area (TPSA) is 127 Å². The van der Waals surface area contributed by atoms with Gasteiger partial charge in [0.1, 0.15) is 18.0 Å². The summed E-state index contributed by atoms with van der Waals surface area (Å²) in [6.07, 6.45) is 1.35. The second kappa shape index (κ2) is 8.58. The van der Waals surface area contributed by atoms with Crippen LogP contribution in [0.2, 0.25) is 0 Å². The fourth-order valence-corrected chi connectivity index (χ4v) is 2.32. The number of aliphatic imine (C=N–C) groups is 2. The Morgan fingerprint density at radius 1 is 1.04 bits per heavy atom. The molecule has 0 radical (unpaired) electrons. The Labute approximate surface area is 161 Å². The fraction of sp³-hybridized carbons (Fsp3) is 0.0526. The summed E-state index contributed by atoms with van der Waals surface area (Å²) >= 11 is 0. The lowest BCUT2D eigenvalue weighted by Crippen LogP contribution is -2.26. The standard InChI is InChI=1S/C19H19FN8/c1-12-6-5-9-14(17(12)20)26-18(21)28-19(22)27-16-10-15(23-11-24-16)25-13-7-3-2-4-8-13/h2-11H,1H3,(H6,21,22,23,24,25,26,27,28). The number of anilines is 3. The number of aryl methyl sites for hydroxylation is 1. The Bertz CT molecular complexity index is 1020. The van der Waals surface area contributed by atoms with Gasteiger partial charge in [-0.25, -0.2) is 14.4 Å². The summed E-state index contributed by atoms with van der Waals surface area (Å²) in [5.74, 6) is 0.197. The highest BCUT2D eigenvalue weighted by molar-refractivity contribution is 6.01. The predicted octanol–water partition coefficient (Wildman–Crippen LogP) is 3.04. The maximum Gasteiger partial charge on any atom is 0.225 e. The van der Waals surface area contributed by atoms with E-state index in [1.165, 1.54) is 6.33 Å². The third-order valence-corrected chi connectivity index (χ3v) is 3.62. The van der Waals surface area contributed by atoms with E-state index < -0.39 is 5.82 Å². The highest BCUT2D eigenvalue weighted by atomic mass is 19.1. The molecule has 0 atom stereocenters. The first-order chi connectivity index (χ1) is 13.5. The molecular weight excluding hydrogens is 359 g/mol. The van der Waals surface area contributed by atoms with E-state index in [4.69, 9.17) is 11.5 Å². The molecule has 0 fully saturated rings. The number of guanidine groups is 2. The van der Waals surface area contributed by atoms with Crippen molar-refractivity contribution in [3.63, 3.8) is 0 Å². The highest BCUT2D eigenvalue weighted by Gasteiger charge is 2.06. The first-order valence-electron chi connectivity index (χ1n) is 8.36. The highest BCUT2D eigenvalue weighted by Crippen LogP contribution is 2.18. The van der Waals surface area contributed by atoms with E-state index >= 15 is 0 Å². The van der Waals surface area contributed by atoms with E-state index in [9.17, 15) is 4.39 Å². The van der Waals surface area contributed by atoms with Crippen LogP contribution in [0.25, 0.3) is 0 Å². The molecule has 1 aromatic heterocycles. The van der Waals surface area contributed by atoms with E-state index in [-0.39, 0.29) is 17.6 Å². The monoisotopic (exact) mass is 378 g/mol. The van der Waals surface area contributed by atoms with Crippen LogP contribution in [0.3, 0.4) is 0 Å². The summed E-state index contributed by atoms with van der Waals surface area (Å²) in [4.78, 5) is 16.2. The van der Waals surface area contributed by atoms with Gasteiger partial charge >= 0.3 is 0 Å². The molecule has 9 heteroatoms. The molecule has 0 saturated heterocycles. The molecule has 142 valence electrons. The SMILES string of the molecule is Cc1cccc(N/C(N)=N/C(N)=Nc2cc(Nc3ccccc3)ncn2)c1F. The minimum absolute atomic E-state index is 0.0950. The van der Waals surface area contributed by atoms with Gasteiger partial charge in [0.05, 0.1) is 5.69 Å². The maximum atomic E-state index is 14.0. The van der Waals surface area contributed by atoms with Crippen molar-refractivity contribution in [3.8, 4) is 0 Å². The van der Waals surface area contributed by atoms with E-state index in [1.54, 1.807) is 31.2 Å². The zero-order chi connectivity index (χ0) is 19.9. The summed E-state index contributed by atoms with van der Waals surface area (Å²) in [7, 11) is 0. The van der Waals surface area contributed by atoms with Gasteiger partial charge in [-0.2, -0.15) is 9.98 Å². The van der Waals surface area contributed by atoms with E-state index in [1.807, 2.05) is 30.3 Å². The fourth-order valence-electron chi connectivity index (χ4n) is 2.32. The van der Waals surface area contributed by atoms with Gasteiger partial charge in [-0.05, 0) is 30.7 Å². The lowest BCUT2D eigenvalue weighted by atomic mass is 10.2. The van der Waals surface area contributed by atoms with Crippen LogP contribution in [-0.4, -0.2) is 21.9 Å². The lowest BCUT2D eigenvalue weighted by Gasteiger charge is -2.08. The van der Waals surface area contributed by atoms with Crippen LogP contribution in [0, 0.1) is 12.7 Å². The maximum absolute atomic E-state index is 14.0. The van der Waals surface area contributed by atoms with Gasteiger partial charge in [0.25, 0.3) is 0 Å². The Balaban J connectivity index is 1.73. The third-order valence-electron chi connectivity index (χ3n) is 3.62. The van der Waals surface area contributed by atoms with Crippen molar-refractivity contribution in [2.24, 2.45) is 21.5 Å². The molecule has 0 spiro atoms. The number of nitrogens with zero attached hydrogens (tertiary/aromatic N) is 4. The number of benzene rings is 2. The third kappa shape index (κ3) is 5.01. The Hall–Kier alpha value is -4.01. The van der Waals surface area contributed by atoms with Gasteiger partial charge in [0.15, 0.2) is 5.82 Å². The zero-order valence-corrected chi connectivity index (χ0v) is 15.1. The summed E-state index contributed by atoms with van der Waals surface area (Å²) in [6, 6.07) is 16.0. The number of aromatic nitrogens is 2. The van der Waals surface area contributed by atoms with E-state index in [2.05, 4.69) is 30.6 Å². The molecule has 6 N–H and O–H groups in total. The predicted molar refractivity (Wildman–Crippen MR) is 109 cm³/mol. The molecule has 2 aromatic carbocycles. The first kappa shape index (κ1) is 18.8. The summed E-state index contributed by atoms with van der Waals surface area (Å²) in [5, 5.41) is 5.79. The average molecular weight is 378 g/mol. The Kier molecular flexibility index (Phi) is 5.75. The van der Waals surface area contributed by atoms with Crippen LogP contribution in [-0.2, 0) is 0 Å². The van der Waals surface area contributed by atoms with Crippen molar-refractivity contribution in [1.29, 1.82) is 0 Å². The van der Waals surface area contributed by atoms with Crippen molar-refractivity contribution in [2.75, 3.05) is 10.6 Å². The van der Waals surface area contributed by atoms with Gasteiger partial charge in [-0.3, -0.25) is 0 Å². The molecule has 0 unspecified atom stereocenters. The van der Waals surface area contributed by atoms with Crippen molar-refractivity contribution < 1.29 is 4.39 Å². The molecule has 0 aliphatic heterocycles. The number of hydrogen-bond acceptors (Lipinski definition) is 4. The molecule has 0 amide bonds. The number of halogens is 1. The molecular formula is C19H19FN8. The van der Waals surface area contributed by atoms with Gasteiger partial charge in [0, 0.05) is 11.8 Å². The number of para-hydroxylation sites is 1. The zero-order valence-electron chi connectivity index (χ0n) is 15.1. The average Bonchev–Trinajstić information content (AvgIpc) is 2.66. The molecule has 0 aliphatic rings. The summed E-state index contributed by atoms with van der Waals surface area (Å²) < 4.78 is 14.0. The number of nitrogens with two attached hydrogens (primary N) is 2. The van der Waals surface area contributed by atoms with E-state index in [0.29, 0.717) is 17.2 Å². The number of hydrogen-bond donors (Lipinski definition) is 4. The van der Waals surface area contributed by atoms with Crippen molar-refractivity contribution in [2.45, 2.75) is 6.92 Å². The molecule has 28 heavy (non-hydrogen) atoms. The summed E-state index contributed by atoms with van der Waals surface area (Å²) in [5.41, 5.74) is 13.1. The quantitative estimate of drug-likeness (QED) is 0.408. The van der Waals surface area contributed by atoms with E-state index in [0.717, 1.165) is 5.69 Å². The molecule has 3 aromatic rings. The second-order valence-electron chi connectivity index (χ2n) is 5.78. The van der Waals surface area contributed by atoms with Crippen LogP contribution in [0.4, 0.5) is 27.4 Å². The molecule has 0 saturated carbocycles. The van der Waals surface area contributed by atoms with Gasteiger partial charge in [0.2, 0.25) is 11.9 Å². The van der Waals surface area contributed by atoms with Crippen LogP contribution in [0.1, 0.15) is 5.56 Å².